The van der Waals surface area contributed by atoms with Crippen molar-refractivity contribution < 1.29 is 8.76 Å². The molecule has 2 nitrogen and oxygen atoms in total. The standard InChI is InChI=1S/C6H10O2S/c1-6(2,3)4-5-9(7)8/h1-3H3,(H,7,8). The lowest BCUT2D eigenvalue weighted by Crippen LogP contribution is -1.99. The summed E-state index contributed by atoms with van der Waals surface area (Å²) in [4.78, 5) is 0. The highest BCUT2D eigenvalue weighted by Gasteiger charge is 2.03. The van der Waals surface area contributed by atoms with Gasteiger partial charge < -0.3 is 0 Å². The highest BCUT2D eigenvalue weighted by molar-refractivity contribution is 7.84. The number of rotatable bonds is 0. The Kier molecular flexibility index (Phi) is 2.89. The van der Waals surface area contributed by atoms with E-state index in [2.05, 4.69) is 11.2 Å². The molecule has 0 saturated heterocycles. The molecule has 1 atom stereocenters. The Morgan fingerprint density at radius 3 is 2.00 bits per heavy atom. The highest BCUT2D eigenvalue weighted by atomic mass is 32.2. The molecule has 0 saturated carbocycles. The largest absolute Gasteiger partial charge is 0.296 e. The monoisotopic (exact) mass is 146 g/mol. The van der Waals surface area contributed by atoms with Crippen LogP contribution in [0.4, 0.5) is 0 Å². The van der Waals surface area contributed by atoms with Gasteiger partial charge in [0.05, 0.1) is 0 Å². The molecular formula is C6H10O2S. The van der Waals surface area contributed by atoms with Crippen LogP contribution in [0.5, 0.6) is 0 Å². The van der Waals surface area contributed by atoms with E-state index >= 15 is 0 Å². The van der Waals surface area contributed by atoms with Gasteiger partial charge in [-0.2, -0.15) is 0 Å². The van der Waals surface area contributed by atoms with Crippen LogP contribution in [0, 0.1) is 16.6 Å². The molecule has 0 aromatic carbocycles. The van der Waals surface area contributed by atoms with Crippen molar-refractivity contribution in [2.45, 2.75) is 20.8 Å². The predicted molar refractivity (Wildman–Crippen MR) is 38.0 cm³/mol. The van der Waals surface area contributed by atoms with Gasteiger partial charge in [-0.3, -0.25) is 4.55 Å². The molecule has 0 aliphatic heterocycles. The summed E-state index contributed by atoms with van der Waals surface area (Å²) in [7, 11) is 0. The zero-order valence-electron chi connectivity index (χ0n) is 5.76. The van der Waals surface area contributed by atoms with E-state index in [0.29, 0.717) is 0 Å². The summed E-state index contributed by atoms with van der Waals surface area (Å²) in [6.07, 6.45) is 0. The maximum atomic E-state index is 9.98. The molecule has 0 heterocycles. The Morgan fingerprint density at radius 2 is 1.89 bits per heavy atom. The molecule has 0 radical (unpaired) electrons. The van der Waals surface area contributed by atoms with Crippen LogP contribution < -0.4 is 0 Å². The fourth-order valence-electron chi connectivity index (χ4n) is 0.197. The molecule has 0 aromatic heterocycles. The van der Waals surface area contributed by atoms with Crippen LogP contribution >= 0.6 is 0 Å². The third kappa shape index (κ3) is 7.67. The lowest BCUT2D eigenvalue weighted by Gasteiger charge is -2.05. The van der Waals surface area contributed by atoms with Gasteiger partial charge in [0.15, 0.2) is 0 Å². The Labute approximate surface area is 57.9 Å². The number of hydrogen-bond donors (Lipinski definition) is 1. The molecule has 52 valence electrons. The van der Waals surface area contributed by atoms with Gasteiger partial charge in [0, 0.05) is 10.7 Å². The molecule has 1 unspecified atom stereocenters. The normalized spacial score (nSPS) is 13.8. The van der Waals surface area contributed by atoms with E-state index < -0.39 is 11.1 Å². The molecule has 0 fully saturated rings. The third-order valence-electron chi connectivity index (χ3n) is 0.513. The highest BCUT2D eigenvalue weighted by Crippen LogP contribution is 2.09. The molecule has 0 amide bonds. The maximum absolute atomic E-state index is 9.98. The third-order valence-corrected chi connectivity index (χ3v) is 0.790. The van der Waals surface area contributed by atoms with Gasteiger partial charge >= 0.3 is 0 Å². The van der Waals surface area contributed by atoms with E-state index in [4.69, 9.17) is 4.55 Å². The molecule has 0 aliphatic rings. The van der Waals surface area contributed by atoms with Crippen molar-refractivity contribution in [3.63, 3.8) is 0 Å². The summed E-state index contributed by atoms with van der Waals surface area (Å²) in [6.45, 7) is 5.65. The molecule has 0 aliphatic carbocycles. The second-order valence-corrected chi connectivity index (χ2v) is 3.43. The Balaban J connectivity index is 4.04. The summed E-state index contributed by atoms with van der Waals surface area (Å²) in [5.74, 6) is 2.62. The molecule has 0 aromatic rings. The van der Waals surface area contributed by atoms with Gasteiger partial charge in [-0.25, -0.2) is 4.21 Å². The van der Waals surface area contributed by atoms with Crippen LogP contribution in [-0.4, -0.2) is 8.76 Å². The zero-order valence-corrected chi connectivity index (χ0v) is 6.58. The first-order chi connectivity index (χ1) is 3.92. The Bertz CT molecular complexity index is 168. The zero-order chi connectivity index (χ0) is 7.49. The van der Waals surface area contributed by atoms with Crippen molar-refractivity contribution in [2.24, 2.45) is 5.41 Å². The molecule has 0 rings (SSSR count). The fraction of sp³-hybridized carbons (Fsp3) is 0.667. The second-order valence-electron chi connectivity index (χ2n) is 2.73. The second kappa shape index (κ2) is 3.00. The average molecular weight is 146 g/mol. The summed E-state index contributed by atoms with van der Waals surface area (Å²) in [5, 5.41) is 2.16. The first-order valence-electron chi connectivity index (χ1n) is 2.55. The van der Waals surface area contributed by atoms with Gasteiger partial charge in [-0.1, -0.05) is 5.92 Å². The predicted octanol–water partition coefficient (Wildman–Crippen LogP) is 1.22. The van der Waals surface area contributed by atoms with Crippen LogP contribution in [0.25, 0.3) is 0 Å². The average Bonchev–Trinajstić information content (AvgIpc) is 1.59. The smallest absolute Gasteiger partial charge is 0.233 e. The molecule has 1 N–H and O–H groups in total. The van der Waals surface area contributed by atoms with Crippen molar-refractivity contribution in [1.82, 2.24) is 0 Å². The maximum Gasteiger partial charge on any atom is 0.233 e. The van der Waals surface area contributed by atoms with Gasteiger partial charge in [0.1, 0.15) is 0 Å². The minimum Gasteiger partial charge on any atom is -0.296 e. The molecule has 0 bridgehead atoms. The topological polar surface area (TPSA) is 37.3 Å². The quantitative estimate of drug-likeness (QED) is 0.412. The van der Waals surface area contributed by atoms with Crippen molar-refractivity contribution in [3.8, 4) is 11.2 Å². The lowest BCUT2D eigenvalue weighted by molar-refractivity contribution is 0.565. The van der Waals surface area contributed by atoms with E-state index in [9.17, 15) is 4.21 Å². The SMILES string of the molecule is CC(C)(C)C#CS(=O)O. The Hall–Kier alpha value is -0.330. The van der Waals surface area contributed by atoms with Gasteiger partial charge in [0.2, 0.25) is 11.1 Å². The first-order valence-corrected chi connectivity index (χ1v) is 3.66. The van der Waals surface area contributed by atoms with Crippen molar-refractivity contribution in [2.75, 3.05) is 0 Å². The van der Waals surface area contributed by atoms with E-state index in [1.54, 1.807) is 0 Å². The summed E-state index contributed by atoms with van der Waals surface area (Å²) in [6, 6.07) is 0. The molecular weight excluding hydrogens is 136 g/mol. The molecule has 0 spiro atoms. The van der Waals surface area contributed by atoms with Crippen LogP contribution in [0.15, 0.2) is 0 Å². The van der Waals surface area contributed by atoms with Crippen LogP contribution in [0.1, 0.15) is 20.8 Å². The minimum absolute atomic E-state index is 0.182. The van der Waals surface area contributed by atoms with Crippen LogP contribution in [-0.2, 0) is 11.1 Å². The van der Waals surface area contributed by atoms with Gasteiger partial charge in [-0.05, 0) is 20.8 Å². The van der Waals surface area contributed by atoms with Gasteiger partial charge in [-0.15, -0.1) is 0 Å². The summed E-state index contributed by atoms with van der Waals surface area (Å²) >= 11 is -1.97. The summed E-state index contributed by atoms with van der Waals surface area (Å²) in [5.41, 5.74) is -0.182. The summed E-state index contributed by atoms with van der Waals surface area (Å²) < 4.78 is 18.2. The van der Waals surface area contributed by atoms with Crippen LogP contribution in [0.3, 0.4) is 0 Å². The van der Waals surface area contributed by atoms with Crippen molar-refractivity contribution in [3.05, 3.63) is 0 Å². The van der Waals surface area contributed by atoms with Crippen molar-refractivity contribution in [1.29, 1.82) is 0 Å². The molecule has 9 heavy (non-hydrogen) atoms. The Morgan fingerprint density at radius 1 is 1.44 bits per heavy atom. The van der Waals surface area contributed by atoms with E-state index in [1.807, 2.05) is 20.8 Å². The fourth-order valence-corrected chi connectivity index (χ4v) is 0.590. The van der Waals surface area contributed by atoms with E-state index in [-0.39, 0.29) is 5.41 Å². The minimum atomic E-state index is -1.97. The van der Waals surface area contributed by atoms with E-state index in [1.165, 1.54) is 0 Å². The van der Waals surface area contributed by atoms with Crippen LogP contribution in [0.2, 0.25) is 0 Å². The van der Waals surface area contributed by atoms with E-state index in [0.717, 1.165) is 0 Å². The van der Waals surface area contributed by atoms with Crippen molar-refractivity contribution >= 4 is 11.1 Å². The number of hydrogen-bond acceptors (Lipinski definition) is 1. The first kappa shape index (κ1) is 8.67. The lowest BCUT2D eigenvalue weighted by atomic mass is 9.99. The van der Waals surface area contributed by atoms with Gasteiger partial charge in [0.25, 0.3) is 0 Å². The molecule has 3 heteroatoms.